The van der Waals surface area contributed by atoms with Gasteiger partial charge in [-0.05, 0) is 31.8 Å². The standard InChI is InChI=1S/C6H12NO5PS/c8-6(9)5-1-4(2-7-5)3-13(10,11)12-14/h4-5,7,14H,1-3H2,(H,8,9)(H,10,11)/t4?,5-/m0/s1. The molecule has 0 radical (unpaired) electrons. The third kappa shape index (κ3) is 3.25. The quantitative estimate of drug-likeness (QED) is 0.316. The molecule has 1 aliphatic heterocycles. The number of carboxylic acids is 1. The molecule has 82 valence electrons. The van der Waals surface area contributed by atoms with Crippen molar-refractivity contribution >= 4 is 26.5 Å². The van der Waals surface area contributed by atoms with Crippen LogP contribution in [0.1, 0.15) is 6.42 Å². The van der Waals surface area contributed by atoms with Crippen molar-refractivity contribution < 1.29 is 23.3 Å². The third-order valence-electron chi connectivity index (χ3n) is 2.14. The molecule has 0 amide bonds. The maximum Gasteiger partial charge on any atom is 0.339 e. The zero-order valence-corrected chi connectivity index (χ0v) is 9.08. The van der Waals surface area contributed by atoms with Crippen molar-refractivity contribution in [2.75, 3.05) is 12.7 Å². The molecule has 2 unspecified atom stereocenters. The van der Waals surface area contributed by atoms with Gasteiger partial charge in [0.1, 0.15) is 6.04 Å². The van der Waals surface area contributed by atoms with Gasteiger partial charge in [0.05, 0.1) is 6.16 Å². The Labute approximate surface area is 86.8 Å². The molecule has 14 heavy (non-hydrogen) atoms. The van der Waals surface area contributed by atoms with Crippen LogP contribution in [0.2, 0.25) is 0 Å². The number of carbonyl (C=O) groups is 1. The number of hydrogen-bond donors (Lipinski definition) is 4. The minimum absolute atomic E-state index is 0.0622. The molecule has 0 aliphatic carbocycles. The molecule has 3 atom stereocenters. The lowest BCUT2D eigenvalue weighted by atomic mass is 10.1. The third-order valence-corrected chi connectivity index (χ3v) is 4.14. The number of thiol groups is 1. The summed E-state index contributed by atoms with van der Waals surface area (Å²) in [5, 5.41) is 11.4. The Balaban J connectivity index is 2.44. The molecule has 6 nitrogen and oxygen atoms in total. The van der Waals surface area contributed by atoms with Crippen LogP contribution < -0.4 is 5.32 Å². The molecule has 1 rings (SSSR count). The molecule has 1 saturated heterocycles. The van der Waals surface area contributed by atoms with E-state index in [1.54, 1.807) is 0 Å². The van der Waals surface area contributed by atoms with Gasteiger partial charge in [-0.25, -0.2) is 3.97 Å². The molecule has 1 fully saturated rings. The first-order chi connectivity index (χ1) is 6.44. The average molecular weight is 241 g/mol. The van der Waals surface area contributed by atoms with E-state index in [0.29, 0.717) is 13.0 Å². The lowest BCUT2D eigenvalue weighted by Gasteiger charge is -2.11. The summed E-state index contributed by atoms with van der Waals surface area (Å²) < 4.78 is 15.2. The van der Waals surface area contributed by atoms with Crippen molar-refractivity contribution in [3.63, 3.8) is 0 Å². The number of aliphatic carboxylic acids is 1. The SMILES string of the molecule is O=C(O)[C@@H]1CC(CP(=O)(O)OS)CN1. The van der Waals surface area contributed by atoms with Gasteiger partial charge in [0.25, 0.3) is 0 Å². The second-order valence-corrected chi connectivity index (χ2v) is 5.60. The summed E-state index contributed by atoms with van der Waals surface area (Å²) in [5.41, 5.74) is 0. The number of carboxylic acid groups (broad SMARTS) is 1. The summed E-state index contributed by atoms with van der Waals surface area (Å²) >= 11 is 3.29. The smallest absolute Gasteiger partial charge is 0.339 e. The van der Waals surface area contributed by atoms with Crippen LogP contribution in [0.3, 0.4) is 0 Å². The van der Waals surface area contributed by atoms with E-state index in [4.69, 9.17) is 10.00 Å². The van der Waals surface area contributed by atoms with Gasteiger partial charge < -0.3 is 15.3 Å². The predicted octanol–water partition coefficient (Wildman–Crippen LogP) is 0.0959. The van der Waals surface area contributed by atoms with Crippen molar-refractivity contribution in [3.05, 3.63) is 0 Å². The van der Waals surface area contributed by atoms with Gasteiger partial charge in [0.2, 0.25) is 0 Å². The topological polar surface area (TPSA) is 95.9 Å². The Bertz CT molecular complexity index is 273. The van der Waals surface area contributed by atoms with Gasteiger partial charge in [-0.3, -0.25) is 9.36 Å². The van der Waals surface area contributed by atoms with E-state index >= 15 is 0 Å². The lowest BCUT2D eigenvalue weighted by Crippen LogP contribution is -2.29. The van der Waals surface area contributed by atoms with E-state index in [9.17, 15) is 9.36 Å². The summed E-state index contributed by atoms with van der Waals surface area (Å²) in [6.45, 7) is 0.415. The maximum absolute atomic E-state index is 11.1. The van der Waals surface area contributed by atoms with Crippen LogP contribution in [-0.2, 0) is 13.3 Å². The Morgan fingerprint density at radius 1 is 1.71 bits per heavy atom. The van der Waals surface area contributed by atoms with Crippen molar-refractivity contribution in [3.8, 4) is 0 Å². The largest absolute Gasteiger partial charge is 0.480 e. The fourth-order valence-corrected chi connectivity index (χ4v) is 2.69. The Morgan fingerprint density at radius 2 is 2.36 bits per heavy atom. The molecule has 3 N–H and O–H groups in total. The van der Waals surface area contributed by atoms with Crippen LogP contribution in [0, 0.1) is 5.92 Å². The Kier molecular flexibility index (Phi) is 3.97. The van der Waals surface area contributed by atoms with E-state index in [-0.39, 0.29) is 12.1 Å². The highest BCUT2D eigenvalue weighted by Gasteiger charge is 2.34. The van der Waals surface area contributed by atoms with Crippen LogP contribution >= 0.6 is 20.5 Å². The predicted molar refractivity (Wildman–Crippen MR) is 52.3 cm³/mol. The van der Waals surface area contributed by atoms with Crippen LogP contribution in [0.15, 0.2) is 0 Å². The van der Waals surface area contributed by atoms with E-state index in [0.717, 1.165) is 0 Å². The summed E-state index contributed by atoms with van der Waals surface area (Å²) in [7, 11) is -3.65. The summed E-state index contributed by atoms with van der Waals surface area (Å²) in [4.78, 5) is 19.6. The first-order valence-electron chi connectivity index (χ1n) is 4.06. The van der Waals surface area contributed by atoms with Crippen molar-refractivity contribution in [2.24, 2.45) is 5.92 Å². The first kappa shape index (κ1) is 12.0. The van der Waals surface area contributed by atoms with Crippen molar-refractivity contribution in [1.82, 2.24) is 5.32 Å². The maximum atomic E-state index is 11.1. The van der Waals surface area contributed by atoms with Gasteiger partial charge in [-0.1, -0.05) is 0 Å². The van der Waals surface area contributed by atoms with E-state index in [1.165, 1.54) is 0 Å². The monoisotopic (exact) mass is 241 g/mol. The molecule has 0 bridgehead atoms. The first-order valence-corrected chi connectivity index (χ1v) is 6.18. The second kappa shape index (κ2) is 4.63. The van der Waals surface area contributed by atoms with Gasteiger partial charge in [0.15, 0.2) is 0 Å². The highest BCUT2D eigenvalue weighted by atomic mass is 32.1. The molecule has 8 heteroatoms. The van der Waals surface area contributed by atoms with E-state index < -0.39 is 19.6 Å². The van der Waals surface area contributed by atoms with Gasteiger partial charge >= 0.3 is 13.6 Å². The molecular weight excluding hydrogens is 229 g/mol. The second-order valence-electron chi connectivity index (χ2n) is 3.30. The Hall–Kier alpha value is -0.0700. The highest BCUT2D eigenvalue weighted by molar-refractivity contribution is 7.81. The molecule has 0 aromatic rings. The van der Waals surface area contributed by atoms with Crippen LogP contribution in [0.25, 0.3) is 0 Å². The molecule has 1 aliphatic rings. The minimum Gasteiger partial charge on any atom is -0.480 e. The molecule has 1 heterocycles. The molecule has 0 aromatic carbocycles. The van der Waals surface area contributed by atoms with Gasteiger partial charge in [-0.15, -0.1) is 0 Å². The number of hydrogen-bond acceptors (Lipinski definition) is 5. The van der Waals surface area contributed by atoms with Crippen LogP contribution in [0.5, 0.6) is 0 Å². The van der Waals surface area contributed by atoms with Gasteiger partial charge in [-0.2, -0.15) is 0 Å². The summed E-state index contributed by atoms with van der Waals surface area (Å²) in [5.74, 6) is -1.09. The molecular formula is C6H12NO5PS. The zero-order valence-electron chi connectivity index (χ0n) is 7.29. The average Bonchev–Trinajstić information content (AvgIpc) is 2.52. The Morgan fingerprint density at radius 3 is 2.79 bits per heavy atom. The van der Waals surface area contributed by atoms with E-state index in [1.807, 2.05) is 0 Å². The fourth-order valence-electron chi connectivity index (χ4n) is 1.50. The number of nitrogens with one attached hydrogen (secondary N) is 1. The van der Waals surface area contributed by atoms with E-state index in [2.05, 4.69) is 22.2 Å². The highest BCUT2D eigenvalue weighted by Crippen LogP contribution is 2.46. The molecule has 0 aromatic heterocycles. The van der Waals surface area contributed by atoms with Crippen molar-refractivity contribution in [2.45, 2.75) is 12.5 Å². The van der Waals surface area contributed by atoms with Gasteiger partial charge in [0, 0.05) is 0 Å². The van der Waals surface area contributed by atoms with Crippen LogP contribution in [0.4, 0.5) is 0 Å². The van der Waals surface area contributed by atoms with Crippen molar-refractivity contribution in [1.29, 1.82) is 0 Å². The summed E-state index contributed by atoms with van der Waals surface area (Å²) in [6, 6.07) is -0.625. The minimum atomic E-state index is -3.65. The lowest BCUT2D eigenvalue weighted by molar-refractivity contribution is -0.139. The molecule has 0 spiro atoms. The zero-order chi connectivity index (χ0) is 10.8. The summed E-state index contributed by atoms with van der Waals surface area (Å²) in [6.07, 6.45) is 0.282. The molecule has 0 saturated carbocycles. The number of rotatable bonds is 4. The fraction of sp³-hybridized carbons (Fsp3) is 0.833. The normalized spacial score (nSPS) is 31.3. The van der Waals surface area contributed by atoms with Crippen LogP contribution in [-0.4, -0.2) is 34.7 Å².